The van der Waals surface area contributed by atoms with Gasteiger partial charge in [-0.3, -0.25) is 4.99 Å². The number of aliphatic hydroxyl groups is 1. The summed E-state index contributed by atoms with van der Waals surface area (Å²) < 4.78 is 23.7. The van der Waals surface area contributed by atoms with E-state index < -0.39 is 6.10 Å². The van der Waals surface area contributed by atoms with E-state index in [1.807, 2.05) is 14.0 Å². The Kier molecular flexibility index (Phi) is 7.94. The first-order valence-corrected chi connectivity index (χ1v) is 8.72. The van der Waals surface area contributed by atoms with E-state index in [0.29, 0.717) is 11.7 Å². The molecule has 140 valence electrons. The minimum absolute atomic E-state index is 0.106. The van der Waals surface area contributed by atoms with E-state index in [9.17, 15) is 9.50 Å². The lowest BCUT2D eigenvalue weighted by molar-refractivity contribution is 0.114. The number of halogens is 1. The molecule has 2 rings (SSSR count). The van der Waals surface area contributed by atoms with Gasteiger partial charge in [0.15, 0.2) is 5.96 Å². The van der Waals surface area contributed by atoms with Gasteiger partial charge in [-0.1, -0.05) is 0 Å². The van der Waals surface area contributed by atoms with E-state index in [-0.39, 0.29) is 19.0 Å². The Morgan fingerprint density at radius 2 is 2.24 bits per heavy atom. The average molecular weight is 353 g/mol. The summed E-state index contributed by atoms with van der Waals surface area (Å²) in [6.07, 6.45) is 0.333. The van der Waals surface area contributed by atoms with Crippen LogP contribution in [0.3, 0.4) is 0 Å². The Morgan fingerprint density at radius 1 is 1.48 bits per heavy atom. The number of hydrogen-bond acceptors (Lipinski definition) is 4. The minimum atomic E-state index is -0.734. The van der Waals surface area contributed by atoms with Crippen molar-refractivity contribution in [2.75, 3.05) is 46.5 Å². The predicted octanol–water partition coefficient (Wildman–Crippen LogP) is 1.50. The first-order chi connectivity index (χ1) is 12.1. The minimum Gasteiger partial charge on any atom is -0.491 e. The number of benzene rings is 1. The molecule has 0 aromatic heterocycles. The van der Waals surface area contributed by atoms with Crippen LogP contribution in [0, 0.1) is 11.7 Å². The molecule has 1 saturated heterocycles. The van der Waals surface area contributed by atoms with E-state index in [2.05, 4.69) is 15.2 Å². The fourth-order valence-electron chi connectivity index (χ4n) is 2.64. The Labute approximate surface area is 148 Å². The molecule has 1 aliphatic heterocycles. The van der Waals surface area contributed by atoms with E-state index >= 15 is 0 Å². The van der Waals surface area contributed by atoms with Gasteiger partial charge in [0, 0.05) is 32.7 Å². The maximum atomic E-state index is 12.8. The summed E-state index contributed by atoms with van der Waals surface area (Å²) in [5.41, 5.74) is 0. The molecule has 2 N–H and O–H groups in total. The van der Waals surface area contributed by atoms with E-state index in [1.54, 1.807) is 0 Å². The lowest BCUT2D eigenvalue weighted by atomic mass is 10.1. The third-order valence-electron chi connectivity index (χ3n) is 3.96. The topological polar surface area (TPSA) is 66.3 Å². The molecule has 2 unspecified atom stereocenters. The monoisotopic (exact) mass is 353 g/mol. The van der Waals surface area contributed by atoms with E-state index in [0.717, 1.165) is 38.7 Å². The highest BCUT2D eigenvalue weighted by Crippen LogP contribution is 2.13. The summed E-state index contributed by atoms with van der Waals surface area (Å²) in [5, 5.41) is 13.3. The molecular weight excluding hydrogens is 325 g/mol. The first kappa shape index (κ1) is 19.5. The van der Waals surface area contributed by atoms with Gasteiger partial charge in [0.05, 0.1) is 13.2 Å². The number of nitrogens with one attached hydrogen (secondary N) is 1. The van der Waals surface area contributed by atoms with Crippen molar-refractivity contribution in [1.29, 1.82) is 0 Å². The molecule has 1 aromatic carbocycles. The highest BCUT2D eigenvalue weighted by atomic mass is 19.1. The first-order valence-electron chi connectivity index (χ1n) is 8.72. The van der Waals surface area contributed by atoms with Gasteiger partial charge in [-0.25, -0.2) is 4.39 Å². The maximum absolute atomic E-state index is 12.8. The summed E-state index contributed by atoms with van der Waals surface area (Å²) in [5.74, 6) is 1.48. The fraction of sp³-hybridized carbons (Fsp3) is 0.611. The SMILES string of the molecule is CCNC(=NCC(O)COc1ccc(F)cc1)N(C)CC1CCOC1. The summed E-state index contributed by atoms with van der Waals surface area (Å²) in [6, 6.07) is 5.72. The quantitative estimate of drug-likeness (QED) is 0.548. The van der Waals surface area contributed by atoms with Crippen LogP contribution in [0.5, 0.6) is 5.75 Å². The van der Waals surface area contributed by atoms with Gasteiger partial charge in [-0.15, -0.1) is 0 Å². The maximum Gasteiger partial charge on any atom is 0.193 e. The van der Waals surface area contributed by atoms with Crippen LogP contribution in [0.4, 0.5) is 4.39 Å². The van der Waals surface area contributed by atoms with Crippen LogP contribution in [0.2, 0.25) is 0 Å². The average Bonchev–Trinajstić information content (AvgIpc) is 3.11. The second-order valence-electron chi connectivity index (χ2n) is 6.22. The predicted molar refractivity (Wildman–Crippen MR) is 95.4 cm³/mol. The van der Waals surface area contributed by atoms with Gasteiger partial charge >= 0.3 is 0 Å². The van der Waals surface area contributed by atoms with Crippen LogP contribution in [-0.4, -0.2) is 68.6 Å². The molecule has 0 bridgehead atoms. The number of guanidine groups is 1. The van der Waals surface area contributed by atoms with Crippen molar-refractivity contribution in [3.05, 3.63) is 30.1 Å². The molecule has 1 heterocycles. The third-order valence-corrected chi connectivity index (χ3v) is 3.96. The highest BCUT2D eigenvalue weighted by Gasteiger charge is 2.19. The second-order valence-corrected chi connectivity index (χ2v) is 6.22. The van der Waals surface area contributed by atoms with E-state index in [1.165, 1.54) is 24.3 Å². The number of ether oxygens (including phenoxy) is 2. The molecule has 0 aliphatic carbocycles. The van der Waals surface area contributed by atoms with Crippen LogP contribution < -0.4 is 10.1 Å². The molecule has 0 amide bonds. The van der Waals surface area contributed by atoms with Gasteiger partial charge in [0.25, 0.3) is 0 Å². The normalized spacial score (nSPS) is 18.9. The van der Waals surface area contributed by atoms with Gasteiger partial charge < -0.3 is 24.8 Å². The van der Waals surface area contributed by atoms with Crippen LogP contribution >= 0.6 is 0 Å². The van der Waals surface area contributed by atoms with Crippen LogP contribution in [0.1, 0.15) is 13.3 Å². The molecule has 25 heavy (non-hydrogen) atoms. The number of rotatable bonds is 8. The zero-order valence-electron chi connectivity index (χ0n) is 14.9. The largest absolute Gasteiger partial charge is 0.491 e. The van der Waals surface area contributed by atoms with Gasteiger partial charge in [0.2, 0.25) is 0 Å². The molecule has 0 radical (unpaired) electrons. The lowest BCUT2D eigenvalue weighted by Crippen LogP contribution is -2.42. The molecular formula is C18H28FN3O3. The lowest BCUT2D eigenvalue weighted by Gasteiger charge is -2.24. The fourth-order valence-corrected chi connectivity index (χ4v) is 2.64. The van der Waals surface area contributed by atoms with Gasteiger partial charge in [-0.2, -0.15) is 0 Å². The van der Waals surface area contributed by atoms with Gasteiger partial charge in [-0.05, 0) is 37.6 Å². The van der Waals surface area contributed by atoms with Crippen molar-refractivity contribution >= 4 is 5.96 Å². The van der Waals surface area contributed by atoms with Crippen molar-refractivity contribution in [2.24, 2.45) is 10.9 Å². The number of hydrogen-bond donors (Lipinski definition) is 2. The molecule has 1 aromatic rings. The smallest absolute Gasteiger partial charge is 0.193 e. The number of aliphatic imine (C=N–C) groups is 1. The molecule has 2 atom stereocenters. The van der Waals surface area contributed by atoms with Crippen molar-refractivity contribution in [2.45, 2.75) is 19.4 Å². The molecule has 7 heteroatoms. The van der Waals surface area contributed by atoms with Crippen LogP contribution in [0.25, 0.3) is 0 Å². The summed E-state index contributed by atoms with van der Waals surface area (Å²) in [4.78, 5) is 6.55. The molecule has 0 saturated carbocycles. The number of aliphatic hydroxyl groups excluding tert-OH is 1. The molecule has 0 spiro atoms. The molecule has 6 nitrogen and oxygen atoms in total. The van der Waals surface area contributed by atoms with Crippen molar-refractivity contribution in [3.63, 3.8) is 0 Å². The van der Waals surface area contributed by atoms with Crippen LogP contribution in [-0.2, 0) is 4.74 Å². The summed E-state index contributed by atoms with van der Waals surface area (Å²) in [7, 11) is 1.99. The third kappa shape index (κ3) is 6.88. The van der Waals surface area contributed by atoms with Crippen molar-refractivity contribution in [1.82, 2.24) is 10.2 Å². The van der Waals surface area contributed by atoms with Gasteiger partial charge in [0.1, 0.15) is 24.3 Å². The van der Waals surface area contributed by atoms with Crippen molar-refractivity contribution < 1.29 is 19.0 Å². The Balaban J connectivity index is 1.80. The van der Waals surface area contributed by atoms with Crippen molar-refractivity contribution in [3.8, 4) is 5.75 Å². The van der Waals surface area contributed by atoms with E-state index in [4.69, 9.17) is 9.47 Å². The second kappa shape index (κ2) is 10.2. The molecule has 1 fully saturated rings. The zero-order chi connectivity index (χ0) is 18.1. The number of nitrogens with zero attached hydrogens (tertiary/aromatic N) is 2. The molecule has 1 aliphatic rings. The Morgan fingerprint density at radius 3 is 2.88 bits per heavy atom. The standard InChI is InChI=1S/C18H28FN3O3/c1-3-20-18(22(2)11-14-8-9-24-12-14)21-10-16(23)13-25-17-6-4-15(19)5-7-17/h4-7,14,16,23H,3,8-13H2,1-2H3,(H,20,21). The van der Waals surface area contributed by atoms with Crippen LogP contribution in [0.15, 0.2) is 29.3 Å². The summed E-state index contributed by atoms with van der Waals surface area (Å²) in [6.45, 7) is 5.59. The zero-order valence-corrected chi connectivity index (χ0v) is 14.9. The Hall–Kier alpha value is -1.86. The highest BCUT2D eigenvalue weighted by molar-refractivity contribution is 5.79. The summed E-state index contributed by atoms with van der Waals surface area (Å²) >= 11 is 0. The Bertz CT molecular complexity index is 533.